The van der Waals surface area contributed by atoms with Crippen LogP contribution in [0.2, 0.25) is 0 Å². The van der Waals surface area contributed by atoms with Gasteiger partial charge in [0.15, 0.2) is 0 Å². The summed E-state index contributed by atoms with van der Waals surface area (Å²) in [5.41, 5.74) is -0.649. The van der Waals surface area contributed by atoms with Gasteiger partial charge in [0.2, 0.25) is 5.91 Å². The third-order valence-corrected chi connectivity index (χ3v) is 4.49. The molecule has 0 spiro atoms. The molecule has 1 heterocycles. The Morgan fingerprint density at radius 2 is 2.15 bits per heavy atom. The molecule has 1 amide bonds. The molecule has 2 aliphatic rings. The largest absolute Gasteiger partial charge is 0.481 e. The number of likely N-dealkylation sites (tertiary alicyclic amines) is 1. The molecule has 2 fully saturated rings. The zero-order valence-corrected chi connectivity index (χ0v) is 12.4. The summed E-state index contributed by atoms with van der Waals surface area (Å²) in [5.74, 6) is 0.00975. The average Bonchev–Trinajstić information content (AvgIpc) is 3.21. The molecular weight excluding hydrogens is 256 g/mol. The lowest BCUT2D eigenvalue weighted by Gasteiger charge is -2.39. The van der Waals surface area contributed by atoms with E-state index in [1.807, 2.05) is 11.8 Å². The van der Waals surface area contributed by atoms with Crippen molar-refractivity contribution in [1.82, 2.24) is 10.2 Å². The number of aliphatic carboxylic acids is 1. The standard InChI is InChI=1S/C15H26N2O3/c1-2-6-15(14(19)20)7-3-8-17(11-15)10-13(18)16-9-12-4-5-12/h12H,2-11H2,1H3,(H,16,18)(H,19,20). The molecule has 20 heavy (non-hydrogen) atoms. The van der Waals surface area contributed by atoms with E-state index in [9.17, 15) is 14.7 Å². The van der Waals surface area contributed by atoms with Gasteiger partial charge in [-0.2, -0.15) is 0 Å². The van der Waals surface area contributed by atoms with Crippen LogP contribution >= 0.6 is 0 Å². The van der Waals surface area contributed by atoms with Gasteiger partial charge in [0.25, 0.3) is 0 Å². The second kappa shape index (κ2) is 6.57. The van der Waals surface area contributed by atoms with Gasteiger partial charge in [-0.25, -0.2) is 0 Å². The second-order valence-corrected chi connectivity index (χ2v) is 6.40. The number of carbonyl (C=O) groups is 2. The minimum absolute atomic E-state index is 0.0367. The first-order valence-corrected chi connectivity index (χ1v) is 7.78. The molecule has 0 aromatic heterocycles. The summed E-state index contributed by atoms with van der Waals surface area (Å²) < 4.78 is 0. The Balaban J connectivity index is 1.84. The van der Waals surface area contributed by atoms with Crippen LogP contribution in [0.25, 0.3) is 0 Å². The van der Waals surface area contributed by atoms with Crippen LogP contribution in [0, 0.1) is 11.3 Å². The van der Waals surface area contributed by atoms with Gasteiger partial charge in [0.05, 0.1) is 12.0 Å². The Kier molecular flexibility index (Phi) is 5.02. The molecule has 1 aliphatic heterocycles. The molecule has 1 unspecified atom stereocenters. The van der Waals surface area contributed by atoms with Crippen molar-refractivity contribution in [2.24, 2.45) is 11.3 Å². The molecule has 0 bridgehead atoms. The highest BCUT2D eigenvalue weighted by Gasteiger charge is 2.41. The summed E-state index contributed by atoms with van der Waals surface area (Å²) in [6.07, 6.45) is 5.61. The van der Waals surface area contributed by atoms with Crippen LogP contribution in [0.4, 0.5) is 0 Å². The van der Waals surface area contributed by atoms with Crippen LogP contribution in [0.3, 0.4) is 0 Å². The molecule has 0 aromatic carbocycles. The highest BCUT2D eigenvalue weighted by molar-refractivity contribution is 5.78. The minimum atomic E-state index is -0.706. The van der Waals surface area contributed by atoms with E-state index in [1.54, 1.807) is 0 Å². The quantitative estimate of drug-likeness (QED) is 0.742. The Labute approximate surface area is 120 Å². The average molecular weight is 282 g/mol. The fraction of sp³-hybridized carbons (Fsp3) is 0.867. The van der Waals surface area contributed by atoms with Crippen molar-refractivity contribution in [2.45, 2.75) is 45.4 Å². The van der Waals surface area contributed by atoms with Gasteiger partial charge in [-0.3, -0.25) is 14.5 Å². The van der Waals surface area contributed by atoms with Gasteiger partial charge in [-0.05, 0) is 44.6 Å². The highest BCUT2D eigenvalue weighted by Crippen LogP contribution is 2.35. The molecule has 0 radical (unpaired) electrons. The number of piperidine rings is 1. The molecule has 2 N–H and O–H groups in total. The van der Waals surface area contributed by atoms with Crippen LogP contribution in [0.1, 0.15) is 45.4 Å². The van der Waals surface area contributed by atoms with E-state index in [0.717, 1.165) is 32.4 Å². The second-order valence-electron chi connectivity index (χ2n) is 6.40. The third-order valence-electron chi connectivity index (χ3n) is 4.49. The maximum absolute atomic E-state index is 11.9. The Hall–Kier alpha value is -1.10. The van der Waals surface area contributed by atoms with Gasteiger partial charge < -0.3 is 10.4 Å². The van der Waals surface area contributed by atoms with Crippen molar-refractivity contribution in [3.05, 3.63) is 0 Å². The molecule has 5 heteroatoms. The zero-order chi connectivity index (χ0) is 14.6. The van der Waals surface area contributed by atoms with E-state index in [1.165, 1.54) is 12.8 Å². The number of amides is 1. The lowest BCUT2D eigenvalue weighted by Crippen LogP contribution is -2.50. The number of rotatable bonds is 7. The van der Waals surface area contributed by atoms with Crippen LogP contribution in [0.15, 0.2) is 0 Å². The van der Waals surface area contributed by atoms with Crippen molar-refractivity contribution in [1.29, 1.82) is 0 Å². The van der Waals surface area contributed by atoms with E-state index in [2.05, 4.69) is 5.32 Å². The van der Waals surface area contributed by atoms with Crippen molar-refractivity contribution < 1.29 is 14.7 Å². The molecule has 5 nitrogen and oxygen atoms in total. The van der Waals surface area contributed by atoms with Crippen molar-refractivity contribution >= 4 is 11.9 Å². The number of nitrogens with zero attached hydrogens (tertiary/aromatic N) is 1. The lowest BCUT2D eigenvalue weighted by molar-refractivity contribution is -0.154. The molecular formula is C15H26N2O3. The van der Waals surface area contributed by atoms with Crippen LogP contribution in [-0.2, 0) is 9.59 Å². The number of carbonyl (C=O) groups excluding carboxylic acids is 1. The molecule has 1 atom stereocenters. The molecule has 1 aliphatic carbocycles. The predicted octanol–water partition coefficient (Wildman–Crippen LogP) is 1.48. The summed E-state index contributed by atoms with van der Waals surface area (Å²) in [5, 5.41) is 12.5. The maximum atomic E-state index is 11.9. The van der Waals surface area contributed by atoms with E-state index in [0.29, 0.717) is 25.4 Å². The fourth-order valence-corrected chi connectivity index (χ4v) is 3.17. The monoisotopic (exact) mass is 282 g/mol. The van der Waals surface area contributed by atoms with Gasteiger partial charge in [-0.15, -0.1) is 0 Å². The van der Waals surface area contributed by atoms with Crippen molar-refractivity contribution in [3.63, 3.8) is 0 Å². The Morgan fingerprint density at radius 1 is 1.40 bits per heavy atom. The van der Waals surface area contributed by atoms with E-state index < -0.39 is 11.4 Å². The minimum Gasteiger partial charge on any atom is -0.481 e. The first-order valence-electron chi connectivity index (χ1n) is 7.78. The van der Waals surface area contributed by atoms with E-state index >= 15 is 0 Å². The van der Waals surface area contributed by atoms with Gasteiger partial charge in [-0.1, -0.05) is 13.3 Å². The maximum Gasteiger partial charge on any atom is 0.310 e. The number of nitrogens with one attached hydrogen (secondary N) is 1. The van der Waals surface area contributed by atoms with Gasteiger partial charge in [0.1, 0.15) is 0 Å². The Morgan fingerprint density at radius 3 is 2.75 bits per heavy atom. The molecule has 1 saturated carbocycles. The normalized spacial score (nSPS) is 27.2. The lowest BCUT2D eigenvalue weighted by atomic mass is 9.76. The summed E-state index contributed by atoms with van der Waals surface area (Å²) in [6.45, 7) is 4.48. The van der Waals surface area contributed by atoms with Gasteiger partial charge in [0, 0.05) is 13.1 Å². The number of hydrogen-bond donors (Lipinski definition) is 2. The van der Waals surface area contributed by atoms with Gasteiger partial charge >= 0.3 is 5.97 Å². The van der Waals surface area contributed by atoms with Crippen molar-refractivity contribution in [2.75, 3.05) is 26.2 Å². The topological polar surface area (TPSA) is 69.6 Å². The number of carboxylic acid groups (broad SMARTS) is 1. The summed E-state index contributed by atoms with van der Waals surface area (Å²) in [6, 6.07) is 0. The number of hydrogen-bond acceptors (Lipinski definition) is 3. The first-order chi connectivity index (χ1) is 9.55. The van der Waals surface area contributed by atoms with E-state index in [-0.39, 0.29) is 5.91 Å². The molecule has 114 valence electrons. The highest BCUT2D eigenvalue weighted by atomic mass is 16.4. The van der Waals surface area contributed by atoms with Crippen LogP contribution in [0.5, 0.6) is 0 Å². The smallest absolute Gasteiger partial charge is 0.310 e. The summed E-state index contributed by atoms with van der Waals surface area (Å²) in [7, 11) is 0. The van der Waals surface area contributed by atoms with Crippen molar-refractivity contribution in [3.8, 4) is 0 Å². The number of carboxylic acids is 1. The van der Waals surface area contributed by atoms with E-state index in [4.69, 9.17) is 0 Å². The fourth-order valence-electron chi connectivity index (χ4n) is 3.17. The molecule has 0 aromatic rings. The Bertz CT molecular complexity index is 364. The SMILES string of the molecule is CCCC1(C(=O)O)CCCN(CC(=O)NCC2CC2)C1. The predicted molar refractivity (Wildman–Crippen MR) is 76.4 cm³/mol. The zero-order valence-electron chi connectivity index (χ0n) is 12.4. The summed E-state index contributed by atoms with van der Waals surface area (Å²) in [4.78, 5) is 25.5. The molecule has 2 rings (SSSR count). The van der Waals surface area contributed by atoms with Crippen LogP contribution < -0.4 is 5.32 Å². The van der Waals surface area contributed by atoms with Crippen LogP contribution in [-0.4, -0.2) is 48.1 Å². The summed E-state index contributed by atoms with van der Waals surface area (Å²) >= 11 is 0. The third kappa shape index (κ3) is 3.95. The molecule has 1 saturated heterocycles. The first kappa shape index (κ1) is 15.3.